The molecule has 0 unspecified atom stereocenters. The molecule has 0 atom stereocenters. The van der Waals surface area contributed by atoms with Crippen molar-refractivity contribution in [3.05, 3.63) is 52.8 Å². The van der Waals surface area contributed by atoms with Crippen molar-refractivity contribution in [2.45, 2.75) is 0 Å². The lowest BCUT2D eigenvalue weighted by atomic mass is 10.1. The van der Waals surface area contributed by atoms with E-state index in [0.29, 0.717) is 5.57 Å². The second kappa shape index (κ2) is 4.12. The zero-order valence-corrected chi connectivity index (χ0v) is 9.63. The van der Waals surface area contributed by atoms with Crippen LogP contribution in [0.4, 0.5) is 0 Å². The number of amides is 1. The van der Waals surface area contributed by atoms with E-state index in [9.17, 15) is 4.79 Å². The van der Waals surface area contributed by atoms with Gasteiger partial charge >= 0.3 is 0 Å². The Balaban J connectivity index is 2.12. The van der Waals surface area contributed by atoms with Crippen molar-refractivity contribution >= 4 is 17.7 Å². The summed E-state index contributed by atoms with van der Waals surface area (Å²) < 4.78 is 0. The van der Waals surface area contributed by atoms with Gasteiger partial charge in [0.25, 0.3) is 5.91 Å². The average molecular weight is 240 g/mol. The standard InChI is InChI=1S/C13H12N4O/c14-16-13(18)10-3-4-11-12-9(2-1-6-15-12)5-7-17(11)8-10/h1-6,8H,7,14H2,(H,16,18). The molecule has 90 valence electrons. The maximum Gasteiger partial charge on any atom is 0.266 e. The smallest absolute Gasteiger partial charge is 0.266 e. The summed E-state index contributed by atoms with van der Waals surface area (Å²) in [6, 6.07) is 3.95. The number of rotatable bonds is 1. The largest absolute Gasteiger partial charge is 0.342 e. The number of nitrogens with one attached hydrogen (secondary N) is 1. The topological polar surface area (TPSA) is 71.2 Å². The first kappa shape index (κ1) is 10.7. The zero-order valence-electron chi connectivity index (χ0n) is 9.63. The summed E-state index contributed by atoms with van der Waals surface area (Å²) in [5.74, 6) is 4.83. The van der Waals surface area contributed by atoms with Gasteiger partial charge in [0.2, 0.25) is 0 Å². The van der Waals surface area contributed by atoms with Crippen LogP contribution in [-0.2, 0) is 4.79 Å². The second-order valence-corrected chi connectivity index (χ2v) is 4.07. The highest BCUT2D eigenvalue weighted by Crippen LogP contribution is 2.17. The van der Waals surface area contributed by atoms with Crippen LogP contribution in [-0.4, -0.2) is 22.3 Å². The molecule has 3 N–H and O–H groups in total. The molecule has 1 aromatic heterocycles. The Bertz CT molecular complexity index is 687. The predicted octanol–water partition coefficient (Wildman–Crippen LogP) is -1.27. The molecule has 0 saturated carbocycles. The molecule has 0 spiro atoms. The van der Waals surface area contributed by atoms with Gasteiger partial charge in [-0.05, 0) is 18.2 Å². The number of hydrogen-bond acceptors (Lipinski definition) is 4. The summed E-state index contributed by atoms with van der Waals surface area (Å²) in [5, 5.41) is 2.05. The van der Waals surface area contributed by atoms with Crippen LogP contribution in [0.5, 0.6) is 0 Å². The van der Waals surface area contributed by atoms with Gasteiger partial charge in [0.05, 0.1) is 16.6 Å². The second-order valence-electron chi connectivity index (χ2n) is 4.07. The van der Waals surface area contributed by atoms with E-state index in [2.05, 4.69) is 16.5 Å². The number of hydrogen-bond donors (Lipinski definition) is 2. The lowest BCUT2D eigenvalue weighted by Crippen LogP contribution is -2.41. The van der Waals surface area contributed by atoms with Crippen LogP contribution < -0.4 is 21.8 Å². The van der Waals surface area contributed by atoms with Gasteiger partial charge in [-0.15, -0.1) is 0 Å². The first-order chi connectivity index (χ1) is 8.79. The first-order valence-corrected chi connectivity index (χ1v) is 5.62. The number of nitrogens with zero attached hydrogens (tertiary/aromatic N) is 2. The van der Waals surface area contributed by atoms with E-state index >= 15 is 0 Å². The quantitative estimate of drug-likeness (QED) is 0.365. The predicted molar refractivity (Wildman–Crippen MR) is 67.6 cm³/mol. The Hall–Kier alpha value is -2.40. The van der Waals surface area contributed by atoms with Gasteiger partial charge in [-0.1, -0.05) is 12.1 Å². The lowest BCUT2D eigenvalue weighted by molar-refractivity contribution is -0.117. The third-order valence-corrected chi connectivity index (χ3v) is 3.01. The molecule has 0 bridgehead atoms. The van der Waals surface area contributed by atoms with Crippen LogP contribution >= 0.6 is 0 Å². The molecule has 5 heteroatoms. The first-order valence-electron chi connectivity index (χ1n) is 5.62. The molecule has 3 heterocycles. The molecule has 5 nitrogen and oxygen atoms in total. The number of carbonyl (C=O) groups excluding carboxylic acids is 1. The number of fused-ring (bicyclic) bond motifs is 2. The highest BCUT2D eigenvalue weighted by atomic mass is 16.2. The van der Waals surface area contributed by atoms with Crippen molar-refractivity contribution in [3.8, 4) is 0 Å². The molecule has 1 aromatic rings. The summed E-state index contributed by atoms with van der Waals surface area (Å²) in [6.07, 6.45) is 9.27. The normalized spacial score (nSPS) is 16.4. The number of aromatic nitrogens is 1. The number of hydrazine groups is 1. The summed E-state index contributed by atoms with van der Waals surface area (Å²) in [6.45, 7) is 0.722. The van der Waals surface area contributed by atoms with Crippen molar-refractivity contribution in [2.75, 3.05) is 6.54 Å². The molecule has 2 aliphatic rings. The molecule has 0 radical (unpaired) electrons. The van der Waals surface area contributed by atoms with Gasteiger partial charge < -0.3 is 4.90 Å². The average Bonchev–Trinajstić information content (AvgIpc) is 2.45. The monoisotopic (exact) mass is 240 g/mol. The molecule has 0 fully saturated rings. The number of pyridine rings is 1. The van der Waals surface area contributed by atoms with Crippen molar-refractivity contribution < 1.29 is 4.79 Å². The summed E-state index contributed by atoms with van der Waals surface area (Å²) >= 11 is 0. The third kappa shape index (κ3) is 1.61. The summed E-state index contributed by atoms with van der Waals surface area (Å²) in [5.41, 5.74) is 3.67. The molecule has 0 saturated heterocycles. The molecular formula is C13H12N4O. The van der Waals surface area contributed by atoms with Crippen LogP contribution in [0.25, 0.3) is 11.8 Å². The Morgan fingerprint density at radius 3 is 3.17 bits per heavy atom. The van der Waals surface area contributed by atoms with Gasteiger partial charge in [0, 0.05) is 24.2 Å². The van der Waals surface area contributed by atoms with E-state index in [4.69, 9.17) is 5.84 Å². The van der Waals surface area contributed by atoms with Crippen LogP contribution in [0.15, 0.2) is 42.3 Å². The van der Waals surface area contributed by atoms with Crippen molar-refractivity contribution in [1.29, 1.82) is 0 Å². The van der Waals surface area contributed by atoms with Gasteiger partial charge in [-0.2, -0.15) is 0 Å². The van der Waals surface area contributed by atoms with E-state index < -0.39 is 0 Å². The van der Waals surface area contributed by atoms with E-state index in [-0.39, 0.29) is 5.91 Å². The molecular weight excluding hydrogens is 228 g/mol. The Kier molecular flexibility index (Phi) is 2.46. The van der Waals surface area contributed by atoms with Gasteiger partial charge in [0.15, 0.2) is 0 Å². The minimum Gasteiger partial charge on any atom is -0.342 e. The molecule has 1 amide bonds. The van der Waals surface area contributed by atoms with E-state index in [1.54, 1.807) is 18.5 Å². The fraction of sp³-hybridized carbons (Fsp3) is 0.0769. The highest BCUT2D eigenvalue weighted by molar-refractivity contribution is 5.97. The van der Waals surface area contributed by atoms with E-state index in [1.807, 2.05) is 23.1 Å². The molecule has 0 aromatic carbocycles. The summed E-state index contributed by atoms with van der Waals surface area (Å²) in [7, 11) is 0. The maximum atomic E-state index is 11.5. The Morgan fingerprint density at radius 1 is 1.44 bits per heavy atom. The maximum absolute atomic E-state index is 11.5. The van der Waals surface area contributed by atoms with E-state index in [1.165, 1.54) is 0 Å². The molecule has 0 aliphatic carbocycles. The van der Waals surface area contributed by atoms with Crippen molar-refractivity contribution in [3.63, 3.8) is 0 Å². The fourth-order valence-corrected chi connectivity index (χ4v) is 2.12. The highest BCUT2D eigenvalue weighted by Gasteiger charge is 2.17. The van der Waals surface area contributed by atoms with Crippen LogP contribution in [0.2, 0.25) is 0 Å². The van der Waals surface area contributed by atoms with Crippen molar-refractivity contribution in [1.82, 2.24) is 15.3 Å². The van der Waals surface area contributed by atoms with E-state index in [0.717, 1.165) is 22.8 Å². The van der Waals surface area contributed by atoms with Crippen LogP contribution in [0.3, 0.4) is 0 Å². The van der Waals surface area contributed by atoms with Crippen molar-refractivity contribution in [2.24, 2.45) is 5.84 Å². The molecule has 2 aliphatic heterocycles. The van der Waals surface area contributed by atoms with Gasteiger partial charge in [-0.25, -0.2) is 5.84 Å². The minimum absolute atomic E-state index is 0.294. The Morgan fingerprint density at radius 2 is 2.33 bits per heavy atom. The molecule has 3 rings (SSSR count). The Labute approximate surface area is 104 Å². The van der Waals surface area contributed by atoms with Gasteiger partial charge in [0.1, 0.15) is 0 Å². The van der Waals surface area contributed by atoms with Crippen LogP contribution in [0, 0.1) is 0 Å². The van der Waals surface area contributed by atoms with Crippen LogP contribution in [0.1, 0.15) is 0 Å². The third-order valence-electron chi connectivity index (χ3n) is 3.01. The molecule has 18 heavy (non-hydrogen) atoms. The minimum atomic E-state index is -0.294. The zero-order chi connectivity index (χ0) is 12.5. The fourth-order valence-electron chi connectivity index (χ4n) is 2.12. The summed E-state index contributed by atoms with van der Waals surface area (Å²) in [4.78, 5) is 17.8. The number of carbonyl (C=O) groups is 1. The SMILES string of the molecule is NNC(=O)C1=CN2CC=c3cccnc3=C2C=C1. The lowest BCUT2D eigenvalue weighted by Gasteiger charge is -2.26. The van der Waals surface area contributed by atoms with Gasteiger partial charge in [-0.3, -0.25) is 15.2 Å². The number of nitrogens with two attached hydrogens (primary N) is 1.